The molecule has 0 heterocycles. The van der Waals surface area contributed by atoms with Crippen molar-refractivity contribution in [3.63, 3.8) is 0 Å². The Morgan fingerprint density at radius 1 is 1.29 bits per heavy atom. The highest BCUT2D eigenvalue weighted by atomic mass is 16.5. The Morgan fingerprint density at radius 2 is 1.95 bits per heavy atom. The molecule has 1 rings (SSSR count). The molecule has 1 aromatic carbocycles. The summed E-state index contributed by atoms with van der Waals surface area (Å²) in [4.78, 5) is 34.3. The number of nitrogens with one attached hydrogen (secondary N) is 1. The summed E-state index contributed by atoms with van der Waals surface area (Å²) in [6.07, 6.45) is 0. The van der Waals surface area contributed by atoms with Gasteiger partial charge in [-0.25, -0.2) is 4.79 Å². The Hall–Kier alpha value is -2.43. The molecule has 0 aromatic heterocycles. The van der Waals surface area contributed by atoms with E-state index >= 15 is 0 Å². The maximum atomic E-state index is 11.8. The highest BCUT2D eigenvalue weighted by molar-refractivity contribution is 6.06. The lowest BCUT2D eigenvalue weighted by molar-refractivity contribution is -0.140. The lowest BCUT2D eigenvalue weighted by Gasteiger charge is -2.11. The highest BCUT2D eigenvalue weighted by Crippen LogP contribution is 2.13. The van der Waals surface area contributed by atoms with Gasteiger partial charge in [0, 0.05) is 11.3 Å². The summed E-state index contributed by atoms with van der Waals surface area (Å²) in [7, 11) is 0. The monoisotopic (exact) mass is 289 g/mol. The lowest BCUT2D eigenvalue weighted by Crippen LogP contribution is -2.25. The molecule has 0 saturated carbocycles. The zero-order valence-corrected chi connectivity index (χ0v) is 12.4. The van der Waals surface area contributed by atoms with Gasteiger partial charge in [-0.15, -0.1) is 0 Å². The predicted molar refractivity (Wildman–Crippen MR) is 79.5 cm³/mol. The summed E-state index contributed by atoms with van der Waals surface area (Å²) in [6.45, 7) is 8.09. The molecule has 0 radical (unpaired) electrons. The van der Waals surface area contributed by atoms with Gasteiger partial charge < -0.3 is 10.1 Å². The van der Waals surface area contributed by atoms with Crippen LogP contribution in [0.15, 0.2) is 36.4 Å². The van der Waals surface area contributed by atoms with Crippen LogP contribution in [0.25, 0.3) is 0 Å². The second-order valence-electron chi connectivity index (χ2n) is 4.88. The minimum absolute atomic E-state index is 0.0949. The maximum Gasteiger partial charge on any atom is 0.333 e. The third kappa shape index (κ3) is 5.22. The van der Waals surface area contributed by atoms with E-state index in [1.54, 1.807) is 38.1 Å². The Kier molecular flexibility index (Phi) is 5.84. The molecule has 0 spiro atoms. The van der Waals surface area contributed by atoms with Crippen molar-refractivity contribution >= 4 is 23.3 Å². The number of amides is 1. The largest absolute Gasteiger partial charge is 0.457 e. The highest BCUT2D eigenvalue weighted by Gasteiger charge is 2.17. The van der Waals surface area contributed by atoms with Gasteiger partial charge in [0.25, 0.3) is 0 Å². The average Bonchev–Trinajstić information content (AvgIpc) is 2.43. The van der Waals surface area contributed by atoms with Crippen LogP contribution in [-0.2, 0) is 25.7 Å². The molecule has 0 aliphatic rings. The zero-order chi connectivity index (χ0) is 16.0. The van der Waals surface area contributed by atoms with Gasteiger partial charge >= 0.3 is 5.97 Å². The lowest BCUT2D eigenvalue weighted by atomic mass is 10.1. The van der Waals surface area contributed by atoms with E-state index in [1.807, 2.05) is 0 Å². The van der Waals surface area contributed by atoms with E-state index in [4.69, 9.17) is 4.74 Å². The number of carbonyl (C=O) groups is 3. The second kappa shape index (κ2) is 7.38. The number of hydrogen-bond donors (Lipinski definition) is 1. The van der Waals surface area contributed by atoms with Crippen LogP contribution in [0.5, 0.6) is 0 Å². The molecule has 112 valence electrons. The number of Topliss-reactive ketones (excluding diaryl/α,β-unsaturated/α-hetero) is 1. The molecule has 1 unspecified atom stereocenters. The van der Waals surface area contributed by atoms with Gasteiger partial charge in [-0.05, 0) is 38.5 Å². The molecule has 21 heavy (non-hydrogen) atoms. The summed E-state index contributed by atoms with van der Waals surface area (Å²) in [5, 5.41) is 2.66. The van der Waals surface area contributed by atoms with Crippen molar-refractivity contribution in [3.05, 3.63) is 42.0 Å². The number of anilines is 1. The van der Waals surface area contributed by atoms with E-state index in [0.29, 0.717) is 11.3 Å². The molecule has 0 aliphatic heterocycles. The fourth-order valence-corrected chi connectivity index (χ4v) is 1.45. The van der Waals surface area contributed by atoms with Crippen LogP contribution in [0, 0.1) is 5.92 Å². The first-order valence-corrected chi connectivity index (χ1v) is 6.54. The number of hydrogen-bond acceptors (Lipinski definition) is 4. The van der Waals surface area contributed by atoms with Crippen molar-refractivity contribution in [1.29, 1.82) is 0 Å². The van der Waals surface area contributed by atoms with Gasteiger partial charge in [0.2, 0.25) is 5.91 Å². The topological polar surface area (TPSA) is 72.5 Å². The number of benzene rings is 1. The molecular formula is C16H19NO4. The van der Waals surface area contributed by atoms with Crippen LogP contribution in [0.1, 0.15) is 26.3 Å². The van der Waals surface area contributed by atoms with Crippen LogP contribution >= 0.6 is 0 Å². The van der Waals surface area contributed by atoms with Gasteiger partial charge in [0.15, 0.2) is 0 Å². The fourth-order valence-electron chi connectivity index (χ4n) is 1.45. The van der Waals surface area contributed by atoms with Crippen LogP contribution in [0.2, 0.25) is 0 Å². The van der Waals surface area contributed by atoms with Crippen molar-refractivity contribution in [3.8, 4) is 0 Å². The number of ketones is 1. The maximum absolute atomic E-state index is 11.8. The smallest absolute Gasteiger partial charge is 0.333 e. The van der Waals surface area contributed by atoms with Gasteiger partial charge in [0.1, 0.15) is 12.4 Å². The summed E-state index contributed by atoms with van der Waals surface area (Å²) in [5.74, 6) is -1.72. The molecule has 0 fully saturated rings. The van der Waals surface area contributed by atoms with E-state index in [2.05, 4.69) is 11.9 Å². The zero-order valence-electron chi connectivity index (χ0n) is 12.4. The van der Waals surface area contributed by atoms with Gasteiger partial charge in [0.05, 0.1) is 5.92 Å². The minimum Gasteiger partial charge on any atom is -0.457 e. The number of ether oxygens (including phenoxy) is 1. The van der Waals surface area contributed by atoms with E-state index in [-0.39, 0.29) is 18.3 Å². The van der Waals surface area contributed by atoms with Crippen molar-refractivity contribution in [2.45, 2.75) is 27.4 Å². The summed E-state index contributed by atoms with van der Waals surface area (Å²) >= 11 is 0. The van der Waals surface area contributed by atoms with Crippen LogP contribution in [0.3, 0.4) is 0 Å². The molecule has 1 atom stereocenters. The number of carbonyl (C=O) groups excluding carboxylic acids is 3. The van der Waals surface area contributed by atoms with Crippen LogP contribution in [0.4, 0.5) is 5.69 Å². The quantitative estimate of drug-likeness (QED) is 0.496. The number of rotatable bonds is 6. The Morgan fingerprint density at radius 3 is 2.52 bits per heavy atom. The van der Waals surface area contributed by atoms with Gasteiger partial charge in [-0.1, -0.05) is 18.7 Å². The van der Waals surface area contributed by atoms with E-state index in [1.165, 1.54) is 6.92 Å². The Balaban J connectivity index is 2.68. The first kappa shape index (κ1) is 16.6. The van der Waals surface area contributed by atoms with E-state index in [0.717, 1.165) is 5.56 Å². The third-order valence-corrected chi connectivity index (χ3v) is 2.92. The molecule has 1 N–H and O–H groups in total. The first-order chi connectivity index (χ1) is 9.81. The molecular weight excluding hydrogens is 270 g/mol. The van der Waals surface area contributed by atoms with Gasteiger partial charge in [-0.2, -0.15) is 0 Å². The van der Waals surface area contributed by atoms with E-state index in [9.17, 15) is 14.4 Å². The summed E-state index contributed by atoms with van der Waals surface area (Å²) in [6, 6.07) is 6.90. The van der Waals surface area contributed by atoms with Crippen LogP contribution in [-0.4, -0.2) is 17.7 Å². The average molecular weight is 289 g/mol. The molecule has 5 nitrogen and oxygen atoms in total. The van der Waals surface area contributed by atoms with Crippen LogP contribution < -0.4 is 5.32 Å². The molecule has 1 aromatic rings. The van der Waals surface area contributed by atoms with Crippen molar-refractivity contribution < 1.29 is 19.1 Å². The Labute approximate surface area is 124 Å². The normalized spacial score (nSPS) is 11.4. The molecule has 0 aliphatic carbocycles. The third-order valence-electron chi connectivity index (χ3n) is 2.92. The van der Waals surface area contributed by atoms with Crippen molar-refractivity contribution in [2.24, 2.45) is 5.92 Å². The predicted octanol–water partition coefficient (Wildman–Crippen LogP) is 2.47. The molecule has 0 bridgehead atoms. The first-order valence-electron chi connectivity index (χ1n) is 6.54. The molecule has 5 heteroatoms. The van der Waals surface area contributed by atoms with Crippen molar-refractivity contribution in [2.75, 3.05) is 5.32 Å². The van der Waals surface area contributed by atoms with Gasteiger partial charge in [-0.3, -0.25) is 9.59 Å². The number of esters is 1. The SMILES string of the molecule is C=C(C)C(=O)OCc1cccc(NC(=O)C(C)C(C)=O)c1. The standard InChI is InChI=1S/C16H19NO4/c1-10(2)16(20)21-9-13-6-5-7-14(8-13)17-15(19)11(3)12(4)18/h5-8,11H,1,9H2,2-4H3,(H,17,19). The second-order valence-corrected chi connectivity index (χ2v) is 4.88. The Bertz CT molecular complexity index is 577. The van der Waals surface area contributed by atoms with Crippen molar-refractivity contribution in [1.82, 2.24) is 0 Å². The molecule has 0 saturated heterocycles. The fraction of sp³-hybridized carbons (Fsp3) is 0.312. The summed E-state index contributed by atoms with van der Waals surface area (Å²) in [5.41, 5.74) is 1.62. The minimum atomic E-state index is -0.699. The van der Waals surface area contributed by atoms with E-state index < -0.39 is 11.9 Å². The summed E-state index contributed by atoms with van der Waals surface area (Å²) < 4.78 is 5.03. The molecule has 1 amide bonds.